The first kappa shape index (κ1) is 10.9. The zero-order valence-corrected chi connectivity index (χ0v) is 8.28. The van der Waals surface area contributed by atoms with Gasteiger partial charge in [-0.05, 0) is 17.8 Å². The topological polar surface area (TPSA) is 38.0 Å². The van der Waals surface area contributed by atoms with E-state index in [1.54, 1.807) is 0 Å². The van der Waals surface area contributed by atoms with Crippen molar-refractivity contribution in [3.63, 3.8) is 0 Å². The minimum absolute atomic E-state index is 0.382. The average molecular weight is 158 g/mol. The molecule has 0 atom stereocenters. The third-order valence-electron chi connectivity index (χ3n) is 1.71. The SMILES string of the molecule is CC(C)CC(C)(C)CNCN. The van der Waals surface area contributed by atoms with E-state index in [2.05, 4.69) is 33.0 Å². The van der Waals surface area contributed by atoms with Crippen molar-refractivity contribution in [3.8, 4) is 0 Å². The van der Waals surface area contributed by atoms with E-state index in [-0.39, 0.29) is 0 Å². The zero-order chi connectivity index (χ0) is 8.91. The van der Waals surface area contributed by atoms with Gasteiger partial charge in [0.25, 0.3) is 0 Å². The molecule has 0 saturated heterocycles. The summed E-state index contributed by atoms with van der Waals surface area (Å²) in [6.07, 6.45) is 1.25. The summed E-state index contributed by atoms with van der Waals surface area (Å²) >= 11 is 0. The van der Waals surface area contributed by atoms with E-state index >= 15 is 0 Å². The van der Waals surface area contributed by atoms with Gasteiger partial charge in [0.05, 0.1) is 0 Å². The first-order valence-corrected chi connectivity index (χ1v) is 4.39. The van der Waals surface area contributed by atoms with Crippen LogP contribution in [0.5, 0.6) is 0 Å². The number of nitrogens with two attached hydrogens (primary N) is 1. The highest BCUT2D eigenvalue weighted by Crippen LogP contribution is 2.23. The second-order valence-electron chi connectivity index (χ2n) is 4.39. The summed E-state index contributed by atoms with van der Waals surface area (Å²) in [5.41, 5.74) is 5.74. The van der Waals surface area contributed by atoms with Crippen molar-refractivity contribution in [1.29, 1.82) is 0 Å². The lowest BCUT2D eigenvalue weighted by atomic mass is 9.84. The summed E-state index contributed by atoms with van der Waals surface area (Å²) < 4.78 is 0. The van der Waals surface area contributed by atoms with Crippen LogP contribution in [-0.2, 0) is 0 Å². The molecular formula is C9H22N2. The molecule has 0 aliphatic rings. The third-order valence-corrected chi connectivity index (χ3v) is 1.71. The molecule has 0 amide bonds. The molecule has 3 N–H and O–H groups in total. The van der Waals surface area contributed by atoms with Crippen LogP contribution >= 0.6 is 0 Å². The Kier molecular flexibility index (Phi) is 4.69. The van der Waals surface area contributed by atoms with Gasteiger partial charge in [-0.1, -0.05) is 27.7 Å². The second kappa shape index (κ2) is 4.73. The van der Waals surface area contributed by atoms with Gasteiger partial charge in [-0.3, -0.25) is 0 Å². The fourth-order valence-electron chi connectivity index (χ4n) is 1.59. The number of hydrogen-bond donors (Lipinski definition) is 2. The quantitative estimate of drug-likeness (QED) is 0.596. The lowest BCUT2D eigenvalue weighted by Gasteiger charge is -2.26. The Morgan fingerprint density at radius 2 is 1.91 bits per heavy atom. The molecule has 2 nitrogen and oxygen atoms in total. The molecular weight excluding hydrogens is 136 g/mol. The first-order valence-electron chi connectivity index (χ1n) is 4.39. The number of nitrogens with one attached hydrogen (secondary N) is 1. The lowest BCUT2D eigenvalue weighted by molar-refractivity contribution is 0.275. The van der Waals surface area contributed by atoms with Crippen molar-refractivity contribution >= 4 is 0 Å². The van der Waals surface area contributed by atoms with E-state index in [0.717, 1.165) is 12.5 Å². The van der Waals surface area contributed by atoms with E-state index in [4.69, 9.17) is 5.73 Å². The van der Waals surface area contributed by atoms with Gasteiger partial charge in [-0.25, -0.2) is 0 Å². The average Bonchev–Trinajstić information content (AvgIpc) is 1.81. The van der Waals surface area contributed by atoms with Gasteiger partial charge in [-0.2, -0.15) is 0 Å². The Labute approximate surface area is 70.5 Å². The van der Waals surface area contributed by atoms with Crippen LogP contribution < -0.4 is 11.1 Å². The summed E-state index contributed by atoms with van der Waals surface area (Å²) in [7, 11) is 0. The highest BCUT2D eigenvalue weighted by molar-refractivity contribution is 4.72. The molecule has 0 saturated carbocycles. The molecule has 0 bridgehead atoms. The Balaban J connectivity index is 3.61. The van der Waals surface area contributed by atoms with Crippen LogP contribution in [0.3, 0.4) is 0 Å². The highest BCUT2D eigenvalue weighted by atomic mass is 15.0. The molecule has 0 spiro atoms. The summed E-state index contributed by atoms with van der Waals surface area (Å²) in [6.45, 7) is 10.7. The van der Waals surface area contributed by atoms with Crippen molar-refractivity contribution < 1.29 is 0 Å². The van der Waals surface area contributed by atoms with Crippen LogP contribution in [0.2, 0.25) is 0 Å². The van der Waals surface area contributed by atoms with Crippen LogP contribution in [0, 0.1) is 11.3 Å². The van der Waals surface area contributed by atoms with E-state index < -0.39 is 0 Å². The van der Waals surface area contributed by atoms with Crippen LogP contribution in [0.1, 0.15) is 34.1 Å². The van der Waals surface area contributed by atoms with Crippen LogP contribution in [0.25, 0.3) is 0 Å². The van der Waals surface area contributed by atoms with Gasteiger partial charge in [0.1, 0.15) is 0 Å². The van der Waals surface area contributed by atoms with Crippen LogP contribution in [0.15, 0.2) is 0 Å². The lowest BCUT2D eigenvalue weighted by Crippen LogP contribution is -2.33. The largest absolute Gasteiger partial charge is 0.318 e. The van der Waals surface area contributed by atoms with Gasteiger partial charge in [0.15, 0.2) is 0 Å². The highest BCUT2D eigenvalue weighted by Gasteiger charge is 2.18. The van der Waals surface area contributed by atoms with E-state index in [1.807, 2.05) is 0 Å². The fourth-order valence-corrected chi connectivity index (χ4v) is 1.59. The second-order valence-corrected chi connectivity index (χ2v) is 4.39. The molecule has 11 heavy (non-hydrogen) atoms. The number of rotatable bonds is 5. The first-order chi connectivity index (χ1) is 4.98. The Morgan fingerprint density at radius 1 is 1.36 bits per heavy atom. The third kappa shape index (κ3) is 6.32. The zero-order valence-electron chi connectivity index (χ0n) is 8.28. The molecule has 0 aromatic carbocycles. The summed E-state index contributed by atoms with van der Waals surface area (Å²) in [5, 5.41) is 3.17. The molecule has 0 rings (SSSR count). The molecule has 0 radical (unpaired) electrons. The molecule has 0 fully saturated rings. The molecule has 0 aliphatic heterocycles. The minimum atomic E-state index is 0.382. The summed E-state index contributed by atoms with van der Waals surface area (Å²) in [5.74, 6) is 0.768. The molecule has 0 unspecified atom stereocenters. The van der Waals surface area contributed by atoms with Crippen molar-refractivity contribution in [1.82, 2.24) is 5.32 Å². The molecule has 0 aromatic heterocycles. The smallest absolute Gasteiger partial charge is 0.0428 e. The monoisotopic (exact) mass is 158 g/mol. The van der Waals surface area contributed by atoms with E-state index in [9.17, 15) is 0 Å². The molecule has 0 aromatic rings. The summed E-state index contributed by atoms with van der Waals surface area (Å²) in [4.78, 5) is 0. The van der Waals surface area contributed by atoms with E-state index in [1.165, 1.54) is 6.42 Å². The van der Waals surface area contributed by atoms with E-state index in [0.29, 0.717) is 12.1 Å². The van der Waals surface area contributed by atoms with Gasteiger partial charge >= 0.3 is 0 Å². The van der Waals surface area contributed by atoms with Crippen molar-refractivity contribution in [2.24, 2.45) is 17.1 Å². The standard InChI is InChI=1S/C9H22N2/c1-8(2)5-9(3,4)6-11-7-10/h8,11H,5-7,10H2,1-4H3. The summed E-state index contributed by atoms with van der Waals surface area (Å²) in [6, 6.07) is 0. The van der Waals surface area contributed by atoms with Gasteiger partial charge in [0.2, 0.25) is 0 Å². The molecule has 2 heteroatoms. The Bertz CT molecular complexity index is 97.7. The normalized spacial score (nSPS) is 12.5. The minimum Gasteiger partial charge on any atom is -0.318 e. The van der Waals surface area contributed by atoms with Gasteiger partial charge in [-0.15, -0.1) is 0 Å². The predicted octanol–water partition coefficient (Wildman–Crippen LogP) is 1.56. The molecule has 0 aliphatic carbocycles. The Hall–Kier alpha value is -0.0800. The van der Waals surface area contributed by atoms with Crippen molar-refractivity contribution in [3.05, 3.63) is 0 Å². The van der Waals surface area contributed by atoms with Crippen molar-refractivity contribution in [2.45, 2.75) is 34.1 Å². The van der Waals surface area contributed by atoms with Crippen LogP contribution in [0.4, 0.5) is 0 Å². The molecule has 68 valence electrons. The Morgan fingerprint density at radius 3 is 2.27 bits per heavy atom. The van der Waals surface area contributed by atoms with Gasteiger partial charge < -0.3 is 11.1 Å². The predicted molar refractivity (Wildman–Crippen MR) is 50.3 cm³/mol. The van der Waals surface area contributed by atoms with Crippen molar-refractivity contribution in [2.75, 3.05) is 13.2 Å². The molecule has 0 heterocycles. The van der Waals surface area contributed by atoms with Crippen LogP contribution in [-0.4, -0.2) is 13.2 Å². The maximum Gasteiger partial charge on any atom is 0.0428 e. The maximum absolute atomic E-state index is 5.36. The fraction of sp³-hybridized carbons (Fsp3) is 1.00. The van der Waals surface area contributed by atoms with Gasteiger partial charge in [0, 0.05) is 13.2 Å². The number of hydrogen-bond acceptors (Lipinski definition) is 2. The maximum atomic E-state index is 5.36.